The van der Waals surface area contributed by atoms with Crippen molar-refractivity contribution in [1.82, 2.24) is 4.90 Å². The summed E-state index contributed by atoms with van der Waals surface area (Å²) in [5.74, 6) is 0.0597. The van der Waals surface area contributed by atoms with Crippen molar-refractivity contribution in [3.63, 3.8) is 0 Å². The van der Waals surface area contributed by atoms with Gasteiger partial charge in [-0.05, 0) is 49.9 Å². The molecule has 0 radical (unpaired) electrons. The normalized spacial score (nSPS) is 19.7. The van der Waals surface area contributed by atoms with E-state index in [0.29, 0.717) is 17.6 Å². The first kappa shape index (κ1) is 14.6. The van der Waals surface area contributed by atoms with Gasteiger partial charge in [0, 0.05) is 23.9 Å². The molecule has 114 valence electrons. The highest BCUT2D eigenvalue weighted by Gasteiger charge is 2.38. The Labute approximate surface area is 126 Å². The highest BCUT2D eigenvalue weighted by molar-refractivity contribution is 7.90. The van der Waals surface area contributed by atoms with Crippen LogP contribution in [-0.4, -0.2) is 37.6 Å². The minimum Gasteiger partial charge on any atom is -0.333 e. The molecule has 0 N–H and O–H groups in total. The largest absolute Gasteiger partial charge is 0.333 e. The molecule has 1 aromatic rings. The first-order chi connectivity index (χ1) is 9.97. The molecule has 0 aliphatic heterocycles. The summed E-state index contributed by atoms with van der Waals surface area (Å²) in [6.45, 7) is 0. The van der Waals surface area contributed by atoms with E-state index in [2.05, 4.69) is 4.90 Å². The van der Waals surface area contributed by atoms with Crippen LogP contribution in [0.2, 0.25) is 0 Å². The zero-order valence-electron chi connectivity index (χ0n) is 12.3. The van der Waals surface area contributed by atoms with E-state index in [-0.39, 0.29) is 10.8 Å². The maximum absolute atomic E-state index is 12.8. The van der Waals surface area contributed by atoms with Gasteiger partial charge >= 0.3 is 0 Å². The summed E-state index contributed by atoms with van der Waals surface area (Å²) in [5, 5.41) is 0. The standard InChI is InChI=1S/C16H21NO3S/c1-21(19,20)15-10-6-12(7-11-15)16(18)17(14-8-9-14)13-4-2-3-5-13/h6-7,10-11,13-14H,2-5,8-9H2,1H3. The second-order valence-electron chi connectivity index (χ2n) is 6.18. The lowest BCUT2D eigenvalue weighted by Gasteiger charge is -2.29. The summed E-state index contributed by atoms with van der Waals surface area (Å²) in [6.07, 6.45) is 7.99. The van der Waals surface area contributed by atoms with Crippen LogP contribution in [0.1, 0.15) is 48.9 Å². The molecule has 0 saturated heterocycles. The van der Waals surface area contributed by atoms with E-state index in [1.165, 1.54) is 31.2 Å². The van der Waals surface area contributed by atoms with Crippen molar-refractivity contribution >= 4 is 15.7 Å². The van der Waals surface area contributed by atoms with Crippen molar-refractivity contribution in [3.05, 3.63) is 29.8 Å². The van der Waals surface area contributed by atoms with Crippen molar-refractivity contribution in [2.75, 3.05) is 6.26 Å². The quantitative estimate of drug-likeness (QED) is 0.859. The number of benzene rings is 1. The Balaban J connectivity index is 1.82. The molecule has 0 bridgehead atoms. The Bertz CT molecular complexity index is 626. The molecule has 2 saturated carbocycles. The Hall–Kier alpha value is -1.36. The molecule has 2 aliphatic carbocycles. The molecule has 0 spiro atoms. The van der Waals surface area contributed by atoms with Crippen molar-refractivity contribution in [1.29, 1.82) is 0 Å². The predicted octanol–water partition coefficient (Wildman–Crippen LogP) is 2.64. The molecular formula is C16H21NO3S. The van der Waals surface area contributed by atoms with Crippen molar-refractivity contribution in [3.8, 4) is 0 Å². The summed E-state index contributed by atoms with van der Waals surface area (Å²) in [6, 6.07) is 7.12. The van der Waals surface area contributed by atoms with Crippen LogP contribution in [0.3, 0.4) is 0 Å². The number of carbonyl (C=O) groups excluding carboxylic acids is 1. The van der Waals surface area contributed by atoms with Gasteiger partial charge in [0.15, 0.2) is 9.84 Å². The van der Waals surface area contributed by atoms with Gasteiger partial charge in [0.2, 0.25) is 0 Å². The van der Waals surface area contributed by atoms with Crippen LogP contribution in [0.4, 0.5) is 0 Å². The Morgan fingerprint density at radius 1 is 1.00 bits per heavy atom. The summed E-state index contributed by atoms with van der Waals surface area (Å²) in [7, 11) is -3.21. The maximum Gasteiger partial charge on any atom is 0.254 e. The van der Waals surface area contributed by atoms with Gasteiger partial charge in [-0.1, -0.05) is 12.8 Å². The van der Waals surface area contributed by atoms with E-state index in [9.17, 15) is 13.2 Å². The van der Waals surface area contributed by atoms with E-state index in [1.807, 2.05) is 0 Å². The van der Waals surface area contributed by atoms with Crippen LogP contribution in [0, 0.1) is 0 Å². The van der Waals surface area contributed by atoms with E-state index in [4.69, 9.17) is 0 Å². The molecule has 0 heterocycles. The molecule has 5 heteroatoms. The van der Waals surface area contributed by atoms with Crippen LogP contribution in [-0.2, 0) is 9.84 Å². The van der Waals surface area contributed by atoms with Gasteiger partial charge in [0.05, 0.1) is 4.90 Å². The third-order valence-corrected chi connectivity index (χ3v) is 5.55. The topological polar surface area (TPSA) is 54.5 Å². The average molecular weight is 307 g/mol. The SMILES string of the molecule is CS(=O)(=O)c1ccc(C(=O)N(C2CCCC2)C2CC2)cc1. The van der Waals surface area contributed by atoms with Crippen molar-refractivity contribution in [2.45, 2.75) is 55.5 Å². The van der Waals surface area contributed by atoms with E-state index in [1.54, 1.807) is 12.1 Å². The average Bonchev–Trinajstić information content (AvgIpc) is 3.12. The molecule has 2 aliphatic rings. The molecule has 0 aromatic heterocycles. The van der Waals surface area contributed by atoms with E-state index >= 15 is 0 Å². The van der Waals surface area contributed by atoms with Crippen LogP contribution in [0.25, 0.3) is 0 Å². The van der Waals surface area contributed by atoms with Gasteiger partial charge < -0.3 is 4.90 Å². The summed E-state index contributed by atoms with van der Waals surface area (Å²) in [4.78, 5) is 15.1. The predicted molar refractivity (Wildman–Crippen MR) is 81.0 cm³/mol. The van der Waals surface area contributed by atoms with E-state index < -0.39 is 9.84 Å². The first-order valence-corrected chi connectivity index (χ1v) is 9.49. The second kappa shape index (κ2) is 5.44. The van der Waals surface area contributed by atoms with Crippen molar-refractivity contribution < 1.29 is 13.2 Å². The van der Waals surface area contributed by atoms with Gasteiger partial charge in [0.1, 0.15) is 0 Å². The minimum atomic E-state index is -3.21. The first-order valence-electron chi connectivity index (χ1n) is 7.59. The Morgan fingerprint density at radius 2 is 1.52 bits per heavy atom. The highest BCUT2D eigenvalue weighted by Crippen LogP contribution is 2.35. The molecular weight excluding hydrogens is 286 g/mol. The highest BCUT2D eigenvalue weighted by atomic mass is 32.2. The molecule has 21 heavy (non-hydrogen) atoms. The number of hydrogen-bond donors (Lipinski definition) is 0. The molecule has 3 rings (SSSR count). The molecule has 2 fully saturated rings. The number of carbonyl (C=O) groups is 1. The zero-order chi connectivity index (χ0) is 15.0. The summed E-state index contributed by atoms with van der Waals surface area (Å²) >= 11 is 0. The number of amides is 1. The number of hydrogen-bond acceptors (Lipinski definition) is 3. The van der Waals surface area contributed by atoms with E-state index in [0.717, 1.165) is 25.7 Å². The Morgan fingerprint density at radius 3 is 2.00 bits per heavy atom. The lowest BCUT2D eigenvalue weighted by atomic mass is 10.1. The number of rotatable bonds is 4. The van der Waals surface area contributed by atoms with Crippen LogP contribution in [0.15, 0.2) is 29.2 Å². The third-order valence-electron chi connectivity index (χ3n) is 4.42. The smallest absolute Gasteiger partial charge is 0.254 e. The van der Waals surface area contributed by atoms with Crippen LogP contribution in [0.5, 0.6) is 0 Å². The molecule has 1 amide bonds. The fourth-order valence-electron chi connectivity index (χ4n) is 3.16. The molecule has 0 unspecified atom stereocenters. The zero-order valence-corrected chi connectivity index (χ0v) is 13.1. The monoisotopic (exact) mass is 307 g/mol. The minimum absolute atomic E-state index is 0.0597. The van der Waals surface area contributed by atoms with Gasteiger partial charge in [-0.15, -0.1) is 0 Å². The summed E-state index contributed by atoms with van der Waals surface area (Å²) in [5.41, 5.74) is 0.598. The number of sulfone groups is 1. The van der Waals surface area contributed by atoms with Crippen LogP contribution >= 0.6 is 0 Å². The second-order valence-corrected chi connectivity index (χ2v) is 8.19. The number of nitrogens with zero attached hydrogens (tertiary/aromatic N) is 1. The van der Waals surface area contributed by atoms with Gasteiger partial charge in [0.25, 0.3) is 5.91 Å². The lowest BCUT2D eigenvalue weighted by Crippen LogP contribution is -2.40. The van der Waals surface area contributed by atoms with Crippen molar-refractivity contribution in [2.24, 2.45) is 0 Å². The molecule has 1 aromatic carbocycles. The Kier molecular flexibility index (Phi) is 3.78. The summed E-state index contributed by atoms with van der Waals surface area (Å²) < 4.78 is 23.0. The molecule has 4 nitrogen and oxygen atoms in total. The third kappa shape index (κ3) is 3.12. The fourth-order valence-corrected chi connectivity index (χ4v) is 3.79. The van der Waals surface area contributed by atoms with Gasteiger partial charge in [-0.3, -0.25) is 4.79 Å². The van der Waals surface area contributed by atoms with Gasteiger partial charge in [-0.25, -0.2) is 8.42 Å². The van der Waals surface area contributed by atoms with Gasteiger partial charge in [-0.2, -0.15) is 0 Å². The fraction of sp³-hybridized carbons (Fsp3) is 0.562. The lowest BCUT2D eigenvalue weighted by molar-refractivity contribution is 0.0664. The molecule has 0 atom stereocenters. The maximum atomic E-state index is 12.8. The van der Waals surface area contributed by atoms with Crippen LogP contribution < -0.4 is 0 Å².